The third-order valence-corrected chi connectivity index (χ3v) is 4.82. The van der Waals surface area contributed by atoms with Gasteiger partial charge in [-0.15, -0.1) is 0 Å². The fourth-order valence-corrected chi connectivity index (χ4v) is 2.25. The highest BCUT2D eigenvalue weighted by molar-refractivity contribution is 5.69. The Kier molecular flexibility index (Phi) is 19.1. The Hall–Kier alpha value is -1.31. The van der Waals surface area contributed by atoms with Gasteiger partial charge in [-0.2, -0.15) is 0 Å². The molecule has 0 amide bonds. The summed E-state index contributed by atoms with van der Waals surface area (Å²) in [5.41, 5.74) is 0. The van der Waals surface area contributed by atoms with E-state index < -0.39 is 6.29 Å². The van der Waals surface area contributed by atoms with Crippen molar-refractivity contribution in [3.8, 4) is 11.8 Å². The van der Waals surface area contributed by atoms with Crippen LogP contribution in [0.4, 0.5) is 0 Å². The van der Waals surface area contributed by atoms with Crippen LogP contribution in [0.25, 0.3) is 0 Å². The first-order chi connectivity index (χ1) is 14.0. The second kappa shape index (κ2) is 20.0. The van der Waals surface area contributed by atoms with E-state index in [-0.39, 0.29) is 5.97 Å². The zero-order chi connectivity index (χ0) is 21.7. The van der Waals surface area contributed by atoms with E-state index >= 15 is 0 Å². The first-order valence-electron chi connectivity index (χ1n) is 11.6. The second-order valence-electron chi connectivity index (χ2n) is 7.85. The number of hydrogen-bond acceptors (Lipinski definition) is 4. The van der Waals surface area contributed by atoms with Gasteiger partial charge in [0.2, 0.25) is 6.29 Å². The Morgan fingerprint density at radius 1 is 0.931 bits per heavy atom. The van der Waals surface area contributed by atoms with Gasteiger partial charge in [0.15, 0.2) is 0 Å². The summed E-state index contributed by atoms with van der Waals surface area (Å²) in [7, 11) is 0. The quantitative estimate of drug-likeness (QED) is 0.0932. The molecular weight excluding hydrogens is 364 g/mol. The fourth-order valence-electron chi connectivity index (χ4n) is 2.25. The highest BCUT2D eigenvalue weighted by Crippen LogP contribution is 2.08. The summed E-state index contributed by atoms with van der Waals surface area (Å²) in [6.07, 6.45) is 11.9. The van der Waals surface area contributed by atoms with Gasteiger partial charge in [-0.1, -0.05) is 78.4 Å². The van der Waals surface area contributed by atoms with Crippen LogP contribution < -0.4 is 0 Å². The van der Waals surface area contributed by atoms with Crippen molar-refractivity contribution in [2.45, 2.75) is 98.7 Å². The van der Waals surface area contributed by atoms with Gasteiger partial charge < -0.3 is 14.2 Å². The monoisotopic (exact) mass is 408 g/mol. The van der Waals surface area contributed by atoms with Crippen LogP contribution in [0.2, 0.25) is 0 Å². The number of allylic oxidation sites excluding steroid dienone is 1. The lowest BCUT2D eigenvalue weighted by Crippen LogP contribution is -2.21. The van der Waals surface area contributed by atoms with Crippen LogP contribution in [0.15, 0.2) is 12.2 Å². The van der Waals surface area contributed by atoms with Crippen molar-refractivity contribution in [1.29, 1.82) is 0 Å². The molecule has 0 radical (unpaired) electrons. The SMILES string of the molecule is CCCC=CCOC(=O)CCCCCC#CC(OCC(C)CC)OCC(C)CC. The van der Waals surface area contributed by atoms with E-state index in [9.17, 15) is 4.79 Å². The molecule has 0 aliphatic carbocycles. The predicted molar refractivity (Wildman–Crippen MR) is 120 cm³/mol. The Balaban J connectivity index is 4.01. The van der Waals surface area contributed by atoms with E-state index in [0.717, 1.165) is 51.4 Å². The standard InChI is InChI=1S/C25H44O4/c1-6-9-10-16-19-27-24(26)17-14-12-11-13-15-18-25(28-20-22(4)7-2)29-21-23(5)8-3/h10,16,22-23,25H,6-9,11-14,17,19-21H2,1-5H3. The first-order valence-corrected chi connectivity index (χ1v) is 11.6. The maximum Gasteiger partial charge on any atom is 0.306 e. The topological polar surface area (TPSA) is 44.8 Å². The van der Waals surface area contributed by atoms with Gasteiger partial charge in [0, 0.05) is 12.8 Å². The Morgan fingerprint density at radius 3 is 2.17 bits per heavy atom. The Morgan fingerprint density at radius 2 is 1.59 bits per heavy atom. The Bertz CT molecular complexity index is 461. The summed E-state index contributed by atoms with van der Waals surface area (Å²) in [5.74, 6) is 7.21. The van der Waals surface area contributed by atoms with Crippen LogP contribution in [0, 0.1) is 23.7 Å². The van der Waals surface area contributed by atoms with Crippen molar-refractivity contribution >= 4 is 5.97 Å². The van der Waals surface area contributed by atoms with Gasteiger partial charge in [0.25, 0.3) is 0 Å². The van der Waals surface area contributed by atoms with Crippen LogP contribution >= 0.6 is 0 Å². The third kappa shape index (κ3) is 18.5. The number of unbranched alkanes of at least 4 members (excludes halogenated alkanes) is 4. The maximum atomic E-state index is 11.6. The van der Waals surface area contributed by atoms with Crippen LogP contribution in [0.5, 0.6) is 0 Å². The molecule has 0 aromatic carbocycles. The van der Waals surface area contributed by atoms with Crippen LogP contribution in [0.1, 0.15) is 92.4 Å². The van der Waals surface area contributed by atoms with Gasteiger partial charge >= 0.3 is 5.97 Å². The third-order valence-electron chi connectivity index (χ3n) is 4.82. The van der Waals surface area contributed by atoms with Gasteiger partial charge in [0.05, 0.1) is 13.2 Å². The van der Waals surface area contributed by atoms with E-state index in [1.165, 1.54) is 0 Å². The second-order valence-corrected chi connectivity index (χ2v) is 7.85. The summed E-state index contributed by atoms with van der Waals surface area (Å²) in [5, 5.41) is 0. The molecule has 168 valence electrons. The average Bonchev–Trinajstić information content (AvgIpc) is 2.73. The first kappa shape index (κ1) is 27.7. The molecule has 0 aromatic rings. The van der Waals surface area contributed by atoms with E-state index in [4.69, 9.17) is 14.2 Å². The lowest BCUT2D eigenvalue weighted by atomic mass is 10.1. The molecule has 2 atom stereocenters. The van der Waals surface area contributed by atoms with E-state index in [1.54, 1.807) is 0 Å². The summed E-state index contributed by atoms with van der Waals surface area (Å²) >= 11 is 0. The minimum Gasteiger partial charge on any atom is -0.461 e. The van der Waals surface area contributed by atoms with E-state index in [0.29, 0.717) is 38.1 Å². The van der Waals surface area contributed by atoms with E-state index in [1.807, 2.05) is 6.08 Å². The molecule has 4 heteroatoms. The number of hydrogen-bond donors (Lipinski definition) is 0. The highest BCUT2D eigenvalue weighted by atomic mass is 16.7. The molecule has 0 rings (SSSR count). The predicted octanol–water partition coefficient (Wildman–Crippen LogP) is 6.29. The normalized spacial score (nSPS) is 14.2. The van der Waals surface area contributed by atoms with Crippen molar-refractivity contribution in [3.63, 3.8) is 0 Å². The van der Waals surface area contributed by atoms with Gasteiger partial charge in [-0.25, -0.2) is 0 Å². The molecule has 0 heterocycles. The summed E-state index contributed by atoms with van der Waals surface area (Å²) in [6, 6.07) is 0. The van der Waals surface area contributed by atoms with Crippen molar-refractivity contribution in [1.82, 2.24) is 0 Å². The summed E-state index contributed by atoms with van der Waals surface area (Å²) in [4.78, 5) is 11.6. The molecule has 0 saturated heterocycles. The molecule has 0 aliphatic rings. The molecule has 0 aliphatic heterocycles. The highest BCUT2D eigenvalue weighted by Gasteiger charge is 2.10. The summed E-state index contributed by atoms with van der Waals surface area (Å²) < 4.78 is 16.9. The minimum atomic E-state index is -0.436. The number of carbonyl (C=O) groups excluding carboxylic acids is 1. The molecule has 0 aromatic heterocycles. The van der Waals surface area contributed by atoms with Gasteiger partial charge in [-0.3, -0.25) is 4.79 Å². The van der Waals surface area contributed by atoms with Crippen LogP contribution in [-0.4, -0.2) is 32.1 Å². The van der Waals surface area contributed by atoms with Gasteiger partial charge in [-0.05, 0) is 37.0 Å². The summed E-state index contributed by atoms with van der Waals surface area (Å²) in [6.45, 7) is 12.5. The van der Waals surface area contributed by atoms with Crippen molar-refractivity contribution in [2.24, 2.45) is 11.8 Å². The molecule has 0 spiro atoms. The molecule has 2 unspecified atom stereocenters. The number of esters is 1. The zero-order valence-corrected chi connectivity index (χ0v) is 19.5. The number of ether oxygens (including phenoxy) is 3. The Labute approximate surface area is 179 Å². The van der Waals surface area contributed by atoms with Gasteiger partial charge in [0.1, 0.15) is 6.61 Å². The smallest absolute Gasteiger partial charge is 0.306 e. The van der Waals surface area contributed by atoms with Crippen LogP contribution in [-0.2, 0) is 19.0 Å². The molecular formula is C25H44O4. The van der Waals surface area contributed by atoms with E-state index in [2.05, 4.69) is 52.5 Å². The molecule has 0 fully saturated rings. The molecule has 0 saturated carbocycles. The fraction of sp³-hybridized carbons (Fsp3) is 0.800. The average molecular weight is 409 g/mol. The minimum absolute atomic E-state index is 0.116. The number of carbonyl (C=O) groups is 1. The molecule has 4 nitrogen and oxygen atoms in total. The lowest BCUT2D eigenvalue weighted by Gasteiger charge is -2.18. The van der Waals surface area contributed by atoms with Crippen molar-refractivity contribution < 1.29 is 19.0 Å². The van der Waals surface area contributed by atoms with Crippen molar-refractivity contribution in [3.05, 3.63) is 12.2 Å². The molecule has 0 bridgehead atoms. The zero-order valence-electron chi connectivity index (χ0n) is 19.5. The lowest BCUT2D eigenvalue weighted by molar-refractivity contribution is -0.142. The maximum absolute atomic E-state index is 11.6. The molecule has 29 heavy (non-hydrogen) atoms. The largest absolute Gasteiger partial charge is 0.461 e. The van der Waals surface area contributed by atoms with Crippen molar-refractivity contribution in [2.75, 3.05) is 19.8 Å². The number of rotatable bonds is 17. The van der Waals surface area contributed by atoms with Crippen LogP contribution in [0.3, 0.4) is 0 Å². The molecule has 0 N–H and O–H groups in total.